The third kappa shape index (κ3) is 3.98. The maximum Gasteiger partial charge on any atom is 0.291 e. The Bertz CT molecular complexity index is 719. The zero-order valence-corrected chi connectivity index (χ0v) is 12.7. The summed E-state index contributed by atoms with van der Waals surface area (Å²) in [6.45, 7) is 2.36. The average molecular weight is 321 g/mol. The third-order valence-corrected chi connectivity index (χ3v) is 3.49. The lowest BCUT2D eigenvalue weighted by Gasteiger charge is -2.11. The van der Waals surface area contributed by atoms with Crippen molar-refractivity contribution in [1.82, 2.24) is 14.9 Å². The second kappa shape index (κ2) is 7.46. The summed E-state index contributed by atoms with van der Waals surface area (Å²) in [5.74, 6) is 5.88. The molecule has 3 N–H and O–H groups in total. The summed E-state index contributed by atoms with van der Waals surface area (Å²) >= 11 is 1.02. The normalized spacial score (nSPS) is 10.2. The maximum absolute atomic E-state index is 12.0. The number of nitrogens with two attached hydrogens (primary N) is 1. The molecule has 0 saturated carbocycles. The summed E-state index contributed by atoms with van der Waals surface area (Å²) in [6.07, 6.45) is 1.00. The number of benzene rings is 1. The lowest BCUT2D eigenvalue weighted by Crippen LogP contribution is -2.30. The molecule has 0 atom stereocenters. The minimum absolute atomic E-state index is 0.0375. The van der Waals surface area contributed by atoms with Gasteiger partial charge in [0, 0.05) is 0 Å². The summed E-state index contributed by atoms with van der Waals surface area (Å²) in [7, 11) is 0. The highest BCUT2D eigenvalue weighted by Crippen LogP contribution is 2.24. The molecular formula is C13H15N5O3S. The van der Waals surface area contributed by atoms with Crippen LogP contribution in [-0.4, -0.2) is 33.1 Å². The van der Waals surface area contributed by atoms with E-state index in [1.165, 1.54) is 0 Å². The Labute approximate surface area is 130 Å². The number of amides is 1. The molecule has 0 saturated heterocycles. The molecule has 22 heavy (non-hydrogen) atoms. The van der Waals surface area contributed by atoms with Gasteiger partial charge in [0.25, 0.3) is 5.56 Å². The summed E-state index contributed by atoms with van der Waals surface area (Å²) in [6, 6.07) is 7.13. The van der Waals surface area contributed by atoms with Crippen LogP contribution < -0.4 is 21.5 Å². The van der Waals surface area contributed by atoms with Gasteiger partial charge in [0.2, 0.25) is 11.1 Å². The van der Waals surface area contributed by atoms with Crippen molar-refractivity contribution in [2.45, 2.75) is 12.1 Å². The number of hydrogen-bond donors (Lipinski definition) is 2. The Morgan fingerprint density at radius 3 is 3.00 bits per heavy atom. The standard InChI is InChI=1S/C13H15N5O3S/c1-2-21-10-6-4-3-5-9(10)16-11(19)8-22-13-17-15-7-12(20)18(13)14/h3-7H,2,8,14H2,1H3,(H,16,19). The number of nitrogens with zero attached hydrogens (tertiary/aromatic N) is 3. The van der Waals surface area contributed by atoms with E-state index in [1.807, 2.05) is 13.0 Å². The van der Waals surface area contributed by atoms with Gasteiger partial charge in [-0.1, -0.05) is 23.9 Å². The second-order valence-electron chi connectivity index (χ2n) is 4.10. The van der Waals surface area contributed by atoms with Gasteiger partial charge < -0.3 is 15.9 Å². The highest BCUT2D eigenvalue weighted by atomic mass is 32.2. The Morgan fingerprint density at radius 2 is 2.23 bits per heavy atom. The van der Waals surface area contributed by atoms with Crippen LogP contribution in [0.4, 0.5) is 5.69 Å². The van der Waals surface area contributed by atoms with Crippen LogP contribution >= 0.6 is 11.8 Å². The van der Waals surface area contributed by atoms with Gasteiger partial charge in [-0.05, 0) is 19.1 Å². The molecule has 0 bridgehead atoms. The van der Waals surface area contributed by atoms with Crippen molar-refractivity contribution in [3.8, 4) is 5.75 Å². The van der Waals surface area contributed by atoms with E-state index in [0.717, 1.165) is 22.6 Å². The quantitative estimate of drug-likeness (QED) is 0.588. The molecule has 0 spiro atoms. The van der Waals surface area contributed by atoms with Crippen LogP contribution in [0.2, 0.25) is 0 Å². The summed E-state index contributed by atoms with van der Waals surface area (Å²) in [5, 5.41) is 10.1. The first kappa shape index (κ1) is 15.8. The van der Waals surface area contributed by atoms with Gasteiger partial charge in [-0.3, -0.25) is 9.59 Å². The molecule has 2 rings (SSSR count). The average Bonchev–Trinajstić information content (AvgIpc) is 2.51. The molecule has 0 aliphatic carbocycles. The van der Waals surface area contributed by atoms with E-state index in [0.29, 0.717) is 18.0 Å². The van der Waals surface area contributed by atoms with E-state index < -0.39 is 5.56 Å². The van der Waals surface area contributed by atoms with Crippen molar-refractivity contribution in [2.75, 3.05) is 23.5 Å². The van der Waals surface area contributed by atoms with Crippen LogP contribution in [0.1, 0.15) is 6.92 Å². The fourth-order valence-electron chi connectivity index (χ4n) is 1.60. The number of carbonyl (C=O) groups excluding carboxylic acids is 1. The van der Waals surface area contributed by atoms with Gasteiger partial charge in [-0.15, -0.1) is 5.10 Å². The first-order valence-electron chi connectivity index (χ1n) is 6.46. The Hall–Kier alpha value is -2.55. The number of rotatable bonds is 6. The minimum atomic E-state index is -0.486. The summed E-state index contributed by atoms with van der Waals surface area (Å²) in [5.41, 5.74) is 0.0961. The van der Waals surface area contributed by atoms with E-state index in [1.54, 1.807) is 18.2 Å². The van der Waals surface area contributed by atoms with Crippen molar-refractivity contribution in [3.63, 3.8) is 0 Å². The molecule has 1 heterocycles. The van der Waals surface area contributed by atoms with E-state index in [-0.39, 0.29) is 16.8 Å². The topological polar surface area (TPSA) is 112 Å². The number of hydrogen-bond acceptors (Lipinski definition) is 7. The first-order chi connectivity index (χ1) is 10.6. The number of para-hydroxylation sites is 2. The third-order valence-electron chi connectivity index (χ3n) is 2.55. The van der Waals surface area contributed by atoms with Crippen molar-refractivity contribution >= 4 is 23.4 Å². The Balaban J connectivity index is 1.99. The van der Waals surface area contributed by atoms with Gasteiger partial charge in [0.05, 0.1) is 18.0 Å². The minimum Gasteiger partial charge on any atom is -0.492 e. The van der Waals surface area contributed by atoms with Gasteiger partial charge in [0.1, 0.15) is 11.9 Å². The summed E-state index contributed by atoms with van der Waals surface area (Å²) in [4.78, 5) is 23.3. The first-order valence-corrected chi connectivity index (χ1v) is 7.44. The van der Waals surface area contributed by atoms with Crippen molar-refractivity contribution in [1.29, 1.82) is 0 Å². The van der Waals surface area contributed by atoms with Crippen LogP contribution in [0.25, 0.3) is 0 Å². The zero-order valence-electron chi connectivity index (χ0n) is 11.9. The summed E-state index contributed by atoms with van der Waals surface area (Å²) < 4.78 is 6.27. The van der Waals surface area contributed by atoms with Crippen LogP contribution in [0.15, 0.2) is 40.4 Å². The molecule has 9 heteroatoms. The molecule has 0 aliphatic rings. The van der Waals surface area contributed by atoms with Crippen molar-refractivity contribution < 1.29 is 9.53 Å². The SMILES string of the molecule is CCOc1ccccc1NC(=O)CSc1nncc(=O)n1N. The molecule has 0 aliphatic heterocycles. The molecule has 116 valence electrons. The van der Waals surface area contributed by atoms with Gasteiger partial charge >= 0.3 is 0 Å². The number of aromatic nitrogens is 3. The molecule has 1 aromatic heterocycles. The van der Waals surface area contributed by atoms with Gasteiger partial charge in [-0.2, -0.15) is 9.77 Å². The molecule has 0 radical (unpaired) electrons. The van der Waals surface area contributed by atoms with Crippen molar-refractivity contribution in [2.24, 2.45) is 0 Å². The monoisotopic (exact) mass is 321 g/mol. The highest BCUT2D eigenvalue weighted by molar-refractivity contribution is 7.99. The van der Waals surface area contributed by atoms with Crippen molar-refractivity contribution in [3.05, 3.63) is 40.8 Å². The number of carbonyl (C=O) groups is 1. The van der Waals surface area contributed by atoms with Crippen LogP contribution in [0.3, 0.4) is 0 Å². The lowest BCUT2D eigenvalue weighted by atomic mass is 10.3. The Morgan fingerprint density at radius 1 is 1.45 bits per heavy atom. The van der Waals surface area contributed by atoms with Crippen LogP contribution in [-0.2, 0) is 4.79 Å². The second-order valence-corrected chi connectivity index (χ2v) is 5.04. The van der Waals surface area contributed by atoms with E-state index in [9.17, 15) is 9.59 Å². The molecular weight excluding hydrogens is 306 g/mol. The van der Waals surface area contributed by atoms with E-state index in [4.69, 9.17) is 10.6 Å². The molecule has 0 unspecified atom stereocenters. The number of ether oxygens (including phenoxy) is 1. The zero-order chi connectivity index (χ0) is 15.9. The maximum atomic E-state index is 12.0. The number of thioether (sulfide) groups is 1. The smallest absolute Gasteiger partial charge is 0.291 e. The molecule has 1 amide bonds. The largest absolute Gasteiger partial charge is 0.492 e. The Kier molecular flexibility index (Phi) is 5.37. The number of nitrogen functional groups attached to an aromatic ring is 1. The predicted octanol–water partition coefficient (Wildman–Crippen LogP) is 0.482. The van der Waals surface area contributed by atoms with E-state index in [2.05, 4.69) is 15.5 Å². The number of anilines is 1. The highest BCUT2D eigenvalue weighted by Gasteiger charge is 2.10. The van der Waals surface area contributed by atoms with E-state index >= 15 is 0 Å². The molecule has 0 fully saturated rings. The van der Waals surface area contributed by atoms with Gasteiger partial charge in [-0.25, -0.2) is 0 Å². The number of nitrogens with one attached hydrogen (secondary N) is 1. The molecule has 8 nitrogen and oxygen atoms in total. The predicted molar refractivity (Wildman–Crippen MR) is 83.4 cm³/mol. The molecule has 1 aromatic carbocycles. The fourth-order valence-corrected chi connectivity index (χ4v) is 2.26. The lowest BCUT2D eigenvalue weighted by molar-refractivity contribution is -0.113. The van der Waals surface area contributed by atoms with Crippen LogP contribution in [0, 0.1) is 0 Å². The molecule has 2 aromatic rings. The fraction of sp³-hybridized carbons (Fsp3) is 0.231. The van der Waals surface area contributed by atoms with Crippen LogP contribution in [0.5, 0.6) is 5.75 Å². The van der Waals surface area contributed by atoms with Gasteiger partial charge in [0.15, 0.2) is 0 Å².